The molecule has 0 aromatic rings. The van der Waals surface area contributed by atoms with Crippen molar-refractivity contribution < 1.29 is 4.79 Å². The molecule has 0 saturated heterocycles. The molecule has 1 fully saturated rings. The smallest absolute Gasteiger partial charge is 0.178 e. The zero-order valence-corrected chi connectivity index (χ0v) is 10.3. The second kappa shape index (κ2) is 5.50. The van der Waals surface area contributed by atoms with Gasteiger partial charge in [0.15, 0.2) is 5.17 Å². The summed E-state index contributed by atoms with van der Waals surface area (Å²) >= 11 is 1.60. The van der Waals surface area contributed by atoms with E-state index < -0.39 is 0 Å². The third-order valence-electron chi connectivity index (χ3n) is 2.94. The van der Waals surface area contributed by atoms with Gasteiger partial charge in [0.2, 0.25) is 0 Å². The fourth-order valence-electron chi connectivity index (χ4n) is 2.11. The van der Waals surface area contributed by atoms with Crippen LogP contribution in [-0.2, 0) is 4.79 Å². The Bertz CT molecular complexity index is 321. The van der Waals surface area contributed by atoms with Crippen LogP contribution in [0.1, 0.15) is 25.7 Å². The summed E-state index contributed by atoms with van der Waals surface area (Å²) in [5, 5.41) is 2.95. The van der Waals surface area contributed by atoms with E-state index in [9.17, 15) is 4.79 Å². The predicted octanol–water partition coefficient (Wildman–Crippen LogP) is 1.55. The second-order valence-corrected chi connectivity index (χ2v) is 4.91. The first-order valence-corrected chi connectivity index (χ1v) is 6.85. The predicted molar refractivity (Wildman–Crippen MR) is 67.2 cm³/mol. The lowest BCUT2D eigenvalue weighted by Gasteiger charge is -2.30. The zero-order chi connectivity index (χ0) is 11.4. The lowest BCUT2D eigenvalue weighted by molar-refractivity contribution is -0.105. The van der Waals surface area contributed by atoms with Crippen molar-refractivity contribution in [3.8, 4) is 0 Å². The molecular weight excluding hydrogens is 222 g/mol. The van der Waals surface area contributed by atoms with Gasteiger partial charge in [-0.2, -0.15) is 0 Å². The van der Waals surface area contributed by atoms with Gasteiger partial charge in [-0.25, -0.2) is 10.4 Å². The van der Waals surface area contributed by atoms with Gasteiger partial charge in [-0.05, 0) is 19.1 Å². The van der Waals surface area contributed by atoms with E-state index in [1.807, 2.05) is 11.3 Å². The molecule has 1 aliphatic heterocycles. The average Bonchev–Trinajstić information content (AvgIpc) is 2.82. The van der Waals surface area contributed by atoms with Crippen LogP contribution in [0.3, 0.4) is 0 Å². The molecule has 4 nitrogen and oxygen atoms in total. The number of amidine groups is 1. The molecule has 0 aromatic heterocycles. The number of carbonyl (C=O) groups is 1. The molecule has 0 spiro atoms. The van der Waals surface area contributed by atoms with Crippen LogP contribution in [0.25, 0.3) is 0 Å². The Morgan fingerprint density at radius 3 is 2.94 bits per heavy atom. The maximum atomic E-state index is 10.7. The number of nitrogens with zero attached hydrogens (tertiary/aromatic N) is 2. The molecular formula is C11H17N3OS. The van der Waals surface area contributed by atoms with Crippen molar-refractivity contribution in [1.29, 1.82) is 0 Å². The molecule has 0 aromatic carbocycles. The molecule has 0 unspecified atom stereocenters. The van der Waals surface area contributed by atoms with E-state index >= 15 is 0 Å². The Morgan fingerprint density at radius 1 is 1.56 bits per heavy atom. The fourth-order valence-corrected chi connectivity index (χ4v) is 2.60. The lowest BCUT2D eigenvalue weighted by atomic mass is 10.2. The minimum Gasteiger partial charge on any atom is -0.298 e. The summed E-state index contributed by atoms with van der Waals surface area (Å²) in [6.07, 6.45) is 9.58. The van der Waals surface area contributed by atoms with Gasteiger partial charge in [0.1, 0.15) is 6.29 Å². The number of hydrazine groups is 1. The second-order valence-electron chi connectivity index (χ2n) is 4.13. The first-order valence-electron chi connectivity index (χ1n) is 5.63. The van der Waals surface area contributed by atoms with E-state index in [4.69, 9.17) is 0 Å². The highest BCUT2D eigenvalue weighted by atomic mass is 32.2. The van der Waals surface area contributed by atoms with Crippen LogP contribution in [-0.4, -0.2) is 35.3 Å². The van der Waals surface area contributed by atoms with Crippen molar-refractivity contribution in [2.24, 2.45) is 4.99 Å². The van der Waals surface area contributed by atoms with Crippen LogP contribution < -0.4 is 5.43 Å². The summed E-state index contributed by atoms with van der Waals surface area (Å²) in [7, 11) is 0. The molecule has 1 aliphatic carbocycles. The van der Waals surface area contributed by atoms with Gasteiger partial charge in [-0.3, -0.25) is 9.80 Å². The Kier molecular flexibility index (Phi) is 4.01. The molecule has 2 aliphatic rings. The van der Waals surface area contributed by atoms with E-state index in [-0.39, 0.29) is 0 Å². The number of hydrogen-bond donors (Lipinski definition) is 1. The number of aliphatic imine (C=N–C) groups is 1. The summed E-state index contributed by atoms with van der Waals surface area (Å²) in [6.45, 7) is 0.625. The number of nitrogens with one attached hydrogen (secondary N) is 1. The average molecular weight is 239 g/mol. The quantitative estimate of drug-likeness (QED) is 0.759. The molecule has 1 saturated carbocycles. The van der Waals surface area contributed by atoms with E-state index in [0.717, 1.165) is 17.0 Å². The summed E-state index contributed by atoms with van der Waals surface area (Å²) in [4.78, 5) is 15.0. The van der Waals surface area contributed by atoms with E-state index in [2.05, 4.69) is 10.4 Å². The van der Waals surface area contributed by atoms with Crippen molar-refractivity contribution in [3.05, 3.63) is 11.8 Å². The van der Waals surface area contributed by atoms with Crippen LogP contribution in [0.4, 0.5) is 0 Å². The van der Waals surface area contributed by atoms with Crippen LogP contribution >= 0.6 is 11.8 Å². The van der Waals surface area contributed by atoms with Gasteiger partial charge in [0.25, 0.3) is 0 Å². The molecule has 2 rings (SSSR count). The number of hydrogen-bond acceptors (Lipinski definition) is 5. The van der Waals surface area contributed by atoms with Crippen LogP contribution in [0, 0.1) is 0 Å². The zero-order valence-electron chi connectivity index (χ0n) is 9.48. The fraction of sp³-hybridized carbons (Fsp3) is 0.636. The lowest BCUT2D eigenvalue weighted by Crippen LogP contribution is -2.48. The SMILES string of the molecule is CSC1=NC=C(C=O)CN1NC1CCCC1. The minimum absolute atomic E-state index is 0.545. The third-order valence-corrected chi connectivity index (χ3v) is 3.63. The van der Waals surface area contributed by atoms with Crippen LogP contribution in [0.2, 0.25) is 0 Å². The Morgan fingerprint density at radius 2 is 2.31 bits per heavy atom. The van der Waals surface area contributed by atoms with Crippen molar-refractivity contribution in [2.75, 3.05) is 12.8 Å². The van der Waals surface area contributed by atoms with Gasteiger partial charge < -0.3 is 0 Å². The summed E-state index contributed by atoms with van der Waals surface area (Å²) in [5.41, 5.74) is 4.19. The summed E-state index contributed by atoms with van der Waals surface area (Å²) in [6, 6.07) is 0.545. The highest BCUT2D eigenvalue weighted by Gasteiger charge is 2.22. The Hall–Kier alpha value is -0.810. The highest BCUT2D eigenvalue weighted by molar-refractivity contribution is 8.13. The molecule has 16 heavy (non-hydrogen) atoms. The van der Waals surface area contributed by atoms with Gasteiger partial charge >= 0.3 is 0 Å². The molecule has 0 atom stereocenters. The third kappa shape index (κ3) is 2.65. The summed E-state index contributed by atoms with van der Waals surface area (Å²) < 4.78 is 0. The molecule has 5 heteroatoms. The molecule has 0 radical (unpaired) electrons. The monoisotopic (exact) mass is 239 g/mol. The van der Waals surface area contributed by atoms with Crippen molar-refractivity contribution in [1.82, 2.24) is 10.4 Å². The number of thioether (sulfide) groups is 1. The number of aldehydes is 1. The molecule has 0 amide bonds. The first kappa shape index (κ1) is 11.7. The van der Waals surface area contributed by atoms with E-state index in [1.165, 1.54) is 25.7 Å². The standard InChI is InChI=1S/C11H17N3OS/c1-16-11-12-6-9(8-15)7-14(11)13-10-4-2-3-5-10/h6,8,10,13H,2-5,7H2,1H3. The van der Waals surface area contributed by atoms with Gasteiger partial charge in [0, 0.05) is 17.8 Å². The minimum atomic E-state index is 0.545. The van der Waals surface area contributed by atoms with Gasteiger partial charge in [-0.15, -0.1) is 0 Å². The topological polar surface area (TPSA) is 44.7 Å². The van der Waals surface area contributed by atoms with E-state index in [0.29, 0.717) is 12.6 Å². The van der Waals surface area contributed by atoms with Crippen molar-refractivity contribution >= 4 is 23.2 Å². The normalized spacial score (nSPS) is 21.9. The molecule has 0 bridgehead atoms. The Balaban J connectivity index is 1.99. The van der Waals surface area contributed by atoms with Crippen molar-refractivity contribution in [2.45, 2.75) is 31.7 Å². The number of carbonyl (C=O) groups excluding carboxylic acids is 1. The van der Waals surface area contributed by atoms with Crippen molar-refractivity contribution in [3.63, 3.8) is 0 Å². The van der Waals surface area contributed by atoms with Crippen LogP contribution in [0.5, 0.6) is 0 Å². The van der Waals surface area contributed by atoms with Gasteiger partial charge in [0.05, 0.1) is 6.54 Å². The molecule has 88 valence electrons. The number of rotatable bonds is 3. The van der Waals surface area contributed by atoms with Gasteiger partial charge in [-0.1, -0.05) is 24.6 Å². The first-order chi connectivity index (χ1) is 7.83. The maximum absolute atomic E-state index is 10.7. The molecule has 1 N–H and O–H groups in total. The maximum Gasteiger partial charge on any atom is 0.178 e. The van der Waals surface area contributed by atoms with E-state index in [1.54, 1.807) is 18.0 Å². The largest absolute Gasteiger partial charge is 0.298 e. The summed E-state index contributed by atoms with van der Waals surface area (Å²) in [5.74, 6) is 0. The van der Waals surface area contributed by atoms with Crippen LogP contribution in [0.15, 0.2) is 16.8 Å². The highest BCUT2D eigenvalue weighted by Crippen LogP contribution is 2.20. The molecule has 1 heterocycles. The Labute approximate surface area is 100 Å².